The van der Waals surface area contributed by atoms with Crippen molar-refractivity contribution in [1.29, 1.82) is 0 Å². The zero-order valence-electron chi connectivity index (χ0n) is 17.0. The first-order valence-electron chi connectivity index (χ1n) is 9.76. The molecule has 0 bridgehead atoms. The van der Waals surface area contributed by atoms with Gasteiger partial charge in [-0.05, 0) is 49.4 Å². The number of para-hydroxylation sites is 2. The minimum atomic E-state index is -0.734. The van der Waals surface area contributed by atoms with E-state index >= 15 is 0 Å². The van der Waals surface area contributed by atoms with Crippen molar-refractivity contribution in [2.45, 2.75) is 6.92 Å². The Morgan fingerprint density at radius 2 is 1.78 bits per heavy atom. The second-order valence-electron chi connectivity index (χ2n) is 6.85. The Labute approximate surface area is 182 Å². The number of carbonyl (C=O) groups excluding carboxylic acids is 2. The number of esters is 1. The molecule has 0 fully saturated rings. The molecular weight excluding hydrogens is 412 g/mol. The molecule has 9 nitrogen and oxygen atoms in total. The number of nitro groups is 1. The number of hydrogen-bond acceptors (Lipinski definition) is 6. The summed E-state index contributed by atoms with van der Waals surface area (Å²) in [5.74, 6) is -1.32. The molecule has 0 spiro atoms. The molecule has 0 saturated carbocycles. The van der Waals surface area contributed by atoms with Crippen LogP contribution in [-0.4, -0.2) is 33.0 Å². The first-order valence-corrected chi connectivity index (χ1v) is 9.76. The van der Waals surface area contributed by atoms with Crippen LogP contribution in [0, 0.1) is 10.1 Å². The number of amides is 1. The van der Waals surface area contributed by atoms with Gasteiger partial charge in [0.05, 0.1) is 28.1 Å². The lowest BCUT2D eigenvalue weighted by Gasteiger charge is -2.09. The maximum absolute atomic E-state index is 12.7. The fraction of sp³-hybridized carbons (Fsp3) is 0.0870. The molecule has 4 rings (SSSR count). The number of nitrogens with one attached hydrogen (secondary N) is 1. The number of aromatic nitrogens is 2. The SMILES string of the molecule is CCOC(=O)c1cc(C(=O)Nc2ccc(-n3cnc4ccccc43)cc2)cc([N+](=O)[O-])c1. The number of fused-ring (bicyclic) bond motifs is 1. The first kappa shape index (κ1) is 20.7. The lowest BCUT2D eigenvalue weighted by atomic mass is 10.1. The molecule has 0 aliphatic carbocycles. The van der Waals surface area contributed by atoms with Crippen molar-refractivity contribution in [3.05, 3.63) is 94.3 Å². The molecule has 0 saturated heterocycles. The van der Waals surface area contributed by atoms with Crippen molar-refractivity contribution in [2.75, 3.05) is 11.9 Å². The third kappa shape index (κ3) is 4.17. The number of imidazole rings is 1. The summed E-state index contributed by atoms with van der Waals surface area (Å²) in [6, 6.07) is 18.3. The number of ether oxygens (including phenoxy) is 1. The molecular formula is C23H18N4O5. The van der Waals surface area contributed by atoms with Gasteiger partial charge in [-0.15, -0.1) is 0 Å². The normalized spacial score (nSPS) is 10.7. The lowest BCUT2D eigenvalue weighted by Crippen LogP contribution is -2.14. The number of non-ortho nitro benzene ring substituents is 1. The highest BCUT2D eigenvalue weighted by Crippen LogP contribution is 2.22. The second-order valence-corrected chi connectivity index (χ2v) is 6.85. The van der Waals surface area contributed by atoms with Crippen molar-refractivity contribution in [3.63, 3.8) is 0 Å². The van der Waals surface area contributed by atoms with Crippen LogP contribution in [0.2, 0.25) is 0 Å². The molecule has 32 heavy (non-hydrogen) atoms. The quantitative estimate of drug-likeness (QED) is 0.276. The van der Waals surface area contributed by atoms with Crippen molar-refractivity contribution in [3.8, 4) is 5.69 Å². The molecule has 1 aromatic heterocycles. The Bertz CT molecular complexity index is 1330. The van der Waals surface area contributed by atoms with Gasteiger partial charge in [0.25, 0.3) is 11.6 Å². The largest absolute Gasteiger partial charge is 0.462 e. The standard InChI is InChI=1S/C23H18N4O5/c1-2-32-23(29)16-11-15(12-19(13-16)27(30)31)22(28)25-17-7-9-18(10-8-17)26-14-24-20-5-3-4-6-21(20)26/h3-14H,2H2,1H3,(H,25,28). The predicted molar refractivity (Wildman–Crippen MR) is 118 cm³/mol. The molecule has 1 N–H and O–H groups in total. The van der Waals surface area contributed by atoms with Crippen LogP contribution in [0.4, 0.5) is 11.4 Å². The lowest BCUT2D eigenvalue weighted by molar-refractivity contribution is -0.384. The highest BCUT2D eigenvalue weighted by molar-refractivity contribution is 6.06. The Balaban J connectivity index is 1.57. The summed E-state index contributed by atoms with van der Waals surface area (Å²) in [7, 11) is 0. The highest BCUT2D eigenvalue weighted by atomic mass is 16.6. The number of anilines is 1. The van der Waals surface area contributed by atoms with E-state index in [1.54, 1.807) is 25.4 Å². The van der Waals surface area contributed by atoms with Gasteiger partial charge in [0.2, 0.25) is 0 Å². The van der Waals surface area contributed by atoms with Gasteiger partial charge in [0, 0.05) is 29.1 Å². The van der Waals surface area contributed by atoms with Crippen LogP contribution in [0.25, 0.3) is 16.7 Å². The number of rotatable bonds is 6. The Morgan fingerprint density at radius 3 is 2.50 bits per heavy atom. The topological polar surface area (TPSA) is 116 Å². The van der Waals surface area contributed by atoms with Gasteiger partial charge in [0.1, 0.15) is 6.33 Å². The minimum absolute atomic E-state index is 0.0214. The summed E-state index contributed by atoms with van der Waals surface area (Å²) < 4.78 is 6.82. The van der Waals surface area contributed by atoms with Crippen LogP contribution in [0.3, 0.4) is 0 Å². The third-order valence-electron chi connectivity index (χ3n) is 4.76. The van der Waals surface area contributed by atoms with Crippen LogP contribution in [-0.2, 0) is 4.74 Å². The van der Waals surface area contributed by atoms with E-state index in [1.807, 2.05) is 41.0 Å². The molecule has 1 heterocycles. The van der Waals surface area contributed by atoms with Crippen LogP contribution in [0.15, 0.2) is 73.1 Å². The zero-order chi connectivity index (χ0) is 22.7. The van der Waals surface area contributed by atoms with Crippen molar-refractivity contribution in [1.82, 2.24) is 9.55 Å². The zero-order valence-corrected chi connectivity index (χ0v) is 17.0. The summed E-state index contributed by atoms with van der Waals surface area (Å²) in [6.07, 6.45) is 1.72. The fourth-order valence-corrected chi connectivity index (χ4v) is 3.25. The number of carbonyl (C=O) groups is 2. The van der Waals surface area contributed by atoms with E-state index < -0.39 is 16.8 Å². The average Bonchev–Trinajstić information content (AvgIpc) is 3.23. The number of nitro benzene ring substituents is 1. The van der Waals surface area contributed by atoms with Crippen LogP contribution >= 0.6 is 0 Å². The summed E-state index contributed by atoms with van der Waals surface area (Å²) in [5, 5.41) is 13.9. The van der Waals surface area contributed by atoms with Crippen molar-refractivity contribution in [2.24, 2.45) is 0 Å². The summed E-state index contributed by atoms with van der Waals surface area (Å²) in [4.78, 5) is 39.6. The van der Waals surface area contributed by atoms with Crippen LogP contribution in [0.5, 0.6) is 0 Å². The highest BCUT2D eigenvalue weighted by Gasteiger charge is 2.19. The van der Waals surface area contributed by atoms with Crippen LogP contribution < -0.4 is 5.32 Å². The van der Waals surface area contributed by atoms with E-state index in [2.05, 4.69) is 10.3 Å². The van der Waals surface area contributed by atoms with Gasteiger partial charge in [-0.2, -0.15) is 0 Å². The summed E-state index contributed by atoms with van der Waals surface area (Å²) in [5.41, 5.74) is 2.72. The second kappa shape index (κ2) is 8.68. The van der Waals surface area contributed by atoms with E-state index in [-0.39, 0.29) is 23.4 Å². The van der Waals surface area contributed by atoms with Crippen molar-refractivity contribution >= 4 is 34.3 Å². The molecule has 160 valence electrons. The molecule has 3 aromatic carbocycles. The maximum atomic E-state index is 12.7. The van der Waals surface area contributed by atoms with E-state index in [0.717, 1.165) is 28.9 Å². The first-order chi connectivity index (χ1) is 15.5. The molecule has 1 amide bonds. The molecule has 0 radical (unpaired) electrons. The molecule has 0 aliphatic heterocycles. The van der Waals surface area contributed by atoms with Crippen molar-refractivity contribution < 1.29 is 19.2 Å². The Hall–Kier alpha value is -4.53. The summed E-state index contributed by atoms with van der Waals surface area (Å²) in [6.45, 7) is 1.74. The van der Waals surface area contributed by atoms with E-state index in [4.69, 9.17) is 4.74 Å². The minimum Gasteiger partial charge on any atom is -0.462 e. The van der Waals surface area contributed by atoms with Gasteiger partial charge >= 0.3 is 5.97 Å². The predicted octanol–water partition coefficient (Wildman–Crippen LogP) is 4.36. The van der Waals surface area contributed by atoms with Gasteiger partial charge < -0.3 is 10.1 Å². The fourth-order valence-electron chi connectivity index (χ4n) is 3.25. The van der Waals surface area contributed by atoms with Gasteiger partial charge in [-0.3, -0.25) is 19.5 Å². The van der Waals surface area contributed by atoms with E-state index in [0.29, 0.717) is 5.69 Å². The van der Waals surface area contributed by atoms with E-state index in [9.17, 15) is 19.7 Å². The Morgan fingerprint density at radius 1 is 1.06 bits per heavy atom. The number of hydrogen-bond donors (Lipinski definition) is 1. The maximum Gasteiger partial charge on any atom is 0.338 e. The smallest absolute Gasteiger partial charge is 0.338 e. The Kier molecular flexibility index (Phi) is 5.63. The number of nitrogens with zero attached hydrogens (tertiary/aromatic N) is 3. The van der Waals surface area contributed by atoms with E-state index in [1.165, 1.54) is 6.07 Å². The molecule has 0 aliphatic rings. The number of benzene rings is 3. The van der Waals surface area contributed by atoms with Gasteiger partial charge in [0.15, 0.2) is 0 Å². The van der Waals surface area contributed by atoms with Gasteiger partial charge in [-0.1, -0.05) is 12.1 Å². The molecule has 9 heteroatoms. The summed E-state index contributed by atoms with van der Waals surface area (Å²) >= 11 is 0. The third-order valence-corrected chi connectivity index (χ3v) is 4.76. The average molecular weight is 430 g/mol. The monoisotopic (exact) mass is 430 g/mol. The molecule has 0 unspecified atom stereocenters. The molecule has 0 atom stereocenters. The van der Waals surface area contributed by atoms with Crippen LogP contribution in [0.1, 0.15) is 27.6 Å². The van der Waals surface area contributed by atoms with Gasteiger partial charge in [-0.25, -0.2) is 9.78 Å². The molecule has 4 aromatic rings.